The van der Waals surface area contributed by atoms with Crippen molar-refractivity contribution < 1.29 is 13.2 Å². The molecule has 0 amide bonds. The van der Waals surface area contributed by atoms with Gasteiger partial charge >= 0.3 is 6.18 Å². The molecule has 1 fully saturated rings. The smallest absolute Gasteiger partial charge is 0.382 e. The Kier molecular flexibility index (Phi) is 4.48. The van der Waals surface area contributed by atoms with Gasteiger partial charge in [-0.1, -0.05) is 0 Å². The first-order valence-electron chi connectivity index (χ1n) is 4.85. The largest absolute Gasteiger partial charge is 0.434 e. The maximum absolute atomic E-state index is 11.8. The molecule has 0 unspecified atom stereocenters. The van der Waals surface area contributed by atoms with Crippen molar-refractivity contribution in [2.75, 3.05) is 18.8 Å². The Morgan fingerprint density at radius 2 is 1.75 bits per heavy atom. The first-order chi connectivity index (χ1) is 7.50. The van der Waals surface area contributed by atoms with Crippen molar-refractivity contribution in [2.24, 2.45) is 0 Å². The molecule has 1 saturated heterocycles. The minimum atomic E-state index is -4.44. The highest BCUT2D eigenvalue weighted by Crippen LogP contribution is 2.26. The average molecular weight is 234 g/mol. The molecule has 1 aromatic heterocycles. The Balaban J connectivity index is 0.000000212. The van der Waals surface area contributed by atoms with Crippen LogP contribution in [0.1, 0.15) is 18.5 Å². The van der Waals surface area contributed by atoms with Gasteiger partial charge in [0, 0.05) is 0 Å². The van der Waals surface area contributed by atoms with Gasteiger partial charge in [0.05, 0.1) is 12.4 Å². The van der Waals surface area contributed by atoms with Crippen LogP contribution in [0.25, 0.3) is 0 Å². The van der Waals surface area contributed by atoms with Crippen LogP contribution in [0.4, 0.5) is 19.0 Å². The summed E-state index contributed by atoms with van der Waals surface area (Å²) in [6.45, 7) is 2.50. The highest BCUT2D eigenvalue weighted by atomic mass is 19.4. The van der Waals surface area contributed by atoms with E-state index in [1.807, 2.05) is 0 Å². The molecule has 3 N–H and O–H groups in total. The van der Waals surface area contributed by atoms with Crippen molar-refractivity contribution in [2.45, 2.75) is 19.0 Å². The first kappa shape index (κ1) is 12.7. The number of halogens is 3. The van der Waals surface area contributed by atoms with E-state index in [-0.39, 0.29) is 5.82 Å². The Bertz CT molecular complexity index is 298. The number of hydrogen-bond acceptors (Lipinski definition) is 4. The van der Waals surface area contributed by atoms with Crippen LogP contribution < -0.4 is 11.1 Å². The molecule has 1 aromatic rings. The second-order valence-corrected chi connectivity index (χ2v) is 3.28. The third kappa shape index (κ3) is 4.43. The lowest BCUT2D eigenvalue weighted by molar-refractivity contribution is -0.141. The molecule has 4 nitrogen and oxygen atoms in total. The molecule has 90 valence electrons. The van der Waals surface area contributed by atoms with E-state index in [9.17, 15) is 13.2 Å². The van der Waals surface area contributed by atoms with Crippen molar-refractivity contribution in [3.63, 3.8) is 0 Å². The molecule has 16 heavy (non-hydrogen) atoms. The third-order valence-corrected chi connectivity index (χ3v) is 1.92. The normalized spacial score (nSPS) is 15.4. The van der Waals surface area contributed by atoms with E-state index in [2.05, 4.69) is 15.3 Å². The van der Waals surface area contributed by atoms with Gasteiger partial charge in [0.2, 0.25) is 0 Å². The SMILES string of the molecule is C1CCNC1.Nc1cnc(C(F)(F)F)cn1. The van der Waals surface area contributed by atoms with Gasteiger partial charge in [0.1, 0.15) is 5.82 Å². The van der Waals surface area contributed by atoms with Gasteiger partial charge in [-0.05, 0) is 25.9 Å². The molecular weight excluding hydrogens is 221 g/mol. The van der Waals surface area contributed by atoms with Crippen LogP contribution in [0, 0.1) is 0 Å². The Hall–Kier alpha value is -1.37. The molecular formula is C9H13F3N4. The lowest BCUT2D eigenvalue weighted by Crippen LogP contribution is -2.08. The molecule has 2 heterocycles. The monoisotopic (exact) mass is 234 g/mol. The molecule has 0 atom stereocenters. The maximum Gasteiger partial charge on any atom is 0.434 e. The molecule has 0 saturated carbocycles. The van der Waals surface area contributed by atoms with E-state index in [1.165, 1.54) is 25.9 Å². The molecule has 1 aliphatic rings. The summed E-state index contributed by atoms with van der Waals surface area (Å²) < 4.78 is 35.3. The molecule has 0 bridgehead atoms. The summed E-state index contributed by atoms with van der Waals surface area (Å²) in [7, 11) is 0. The molecule has 0 aromatic carbocycles. The van der Waals surface area contributed by atoms with Crippen LogP contribution in [-0.4, -0.2) is 23.1 Å². The van der Waals surface area contributed by atoms with Crippen molar-refractivity contribution in [1.82, 2.24) is 15.3 Å². The van der Waals surface area contributed by atoms with Gasteiger partial charge in [-0.25, -0.2) is 9.97 Å². The number of aromatic nitrogens is 2. The molecule has 0 radical (unpaired) electrons. The zero-order valence-electron chi connectivity index (χ0n) is 8.59. The van der Waals surface area contributed by atoms with Gasteiger partial charge in [-0.3, -0.25) is 0 Å². The lowest BCUT2D eigenvalue weighted by atomic mass is 10.4. The second-order valence-electron chi connectivity index (χ2n) is 3.28. The second kappa shape index (κ2) is 5.64. The van der Waals surface area contributed by atoms with Crippen molar-refractivity contribution in [1.29, 1.82) is 0 Å². The van der Waals surface area contributed by atoms with Gasteiger partial charge in [0.25, 0.3) is 0 Å². The lowest BCUT2D eigenvalue weighted by Gasteiger charge is -2.03. The highest BCUT2D eigenvalue weighted by molar-refractivity contribution is 5.23. The van der Waals surface area contributed by atoms with Crippen LogP contribution in [0.2, 0.25) is 0 Å². The van der Waals surface area contributed by atoms with Crippen molar-refractivity contribution >= 4 is 5.82 Å². The summed E-state index contributed by atoms with van der Waals surface area (Å²) in [5.41, 5.74) is 3.99. The number of nitrogen functional groups attached to an aromatic ring is 1. The third-order valence-electron chi connectivity index (χ3n) is 1.92. The van der Waals surface area contributed by atoms with E-state index in [4.69, 9.17) is 5.73 Å². The predicted molar refractivity (Wildman–Crippen MR) is 53.6 cm³/mol. The molecule has 0 aliphatic carbocycles. The van der Waals surface area contributed by atoms with E-state index < -0.39 is 11.9 Å². The standard InChI is InChI=1S/C5H4F3N3.C4H9N/c6-5(7,8)3-1-11-4(9)2-10-3;1-2-4-5-3-1/h1-2H,(H2,9,11);5H,1-4H2. The summed E-state index contributed by atoms with van der Waals surface area (Å²) in [6, 6.07) is 0. The van der Waals surface area contributed by atoms with Gasteiger partial charge in [-0.2, -0.15) is 13.2 Å². The number of alkyl halides is 3. The fraction of sp³-hybridized carbons (Fsp3) is 0.556. The summed E-state index contributed by atoms with van der Waals surface area (Å²) >= 11 is 0. The van der Waals surface area contributed by atoms with Crippen LogP contribution in [0.15, 0.2) is 12.4 Å². The Morgan fingerprint density at radius 3 is 2.06 bits per heavy atom. The van der Waals surface area contributed by atoms with E-state index >= 15 is 0 Å². The zero-order valence-corrected chi connectivity index (χ0v) is 8.59. The summed E-state index contributed by atoms with van der Waals surface area (Å²) in [4.78, 5) is 6.28. The van der Waals surface area contributed by atoms with Gasteiger partial charge in [-0.15, -0.1) is 0 Å². The number of anilines is 1. The summed E-state index contributed by atoms with van der Waals surface area (Å²) in [5, 5.41) is 3.22. The molecule has 7 heteroatoms. The van der Waals surface area contributed by atoms with E-state index in [0.29, 0.717) is 6.20 Å². The fourth-order valence-corrected chi connectivity index (χ4v) is 1.11. The van der Waals surface area contributed by atoms with Gasteiger partial charge < -0.3 is 11.1 Å². The van der Waals surface area contributed by atoms with Crippen LogP contribution >= 0.6 is 0 Å². The summed E-state index contributed by atoms with van der Waals surface area (Å²) in [6.07, 6.45) is -0.209. The minimum Gasteiger partial charge on any atom is -0.382 e. The Morgan fingerprint density at radius 1 is 1.12 bits per heavy atom. The van der Waals surface area contributed by atoms with Gasteiger partial charge in [0.15, 0.2) is 5.69 Å². The van der Waals surface area contributed by atoms with E-state index in [1.54, 1.807) is 0 Å². The number of nitrogens with two attached hydrogens (primary N) is 1. The van der Waals surface area contributed by atoms with Crippen LogP contribution in [0.5, 0.6) is 0 Å². The average Bonchev–Trinajstić information content (AvgIpc) is 2.74. The number of hydrogen-bond donors (Lipinski definition) is 2. The number of nitrogens with one attached hydrogen (secondary N) is 1. The number of rotatable bonds is 0. The quantitative estimate of drug-likeness (QED) is 0.713. The first-order valence-corrected chi connectivity index (χ1v) is 4.85. The van der Waals surface area contributed by atoms with Crippen molar-refractivity contribution in [3.8, 4) is 0 Å². The molecule has 0 spiro atoms. The van der Waals surface area contributed by atoms with Crippen LogP contribution in [-0.2, 0) is 6.18 Å². The topological polar surface area (TPSA) is 63.8 Å². The molecule has 2 rings (SSSR count). The Labute approximate surface area is 91.1 Å². The highest BCUT2D eigenvalue weighted by Gasteiger charge is 2.32. The van der Waals surface area contributed by atoms with Crippen LogP contribution in [0.3, 0.4) is 0 Å². The fourth-order valence-electron chi connectivity index (χ4n) is 1.11. The predicted octanol–water partition coefficient (Wildman–Crippen LogP) is 1.45. The zero-order chi connectivity index (χ0) is 12.0. The number of nitrogens with zero attached hydrogens (tertiary/aromatic N) is 2. The molecule has 1 aliphatic heterocycles. The van der Waals surface area contributed by atoms with E-state index in [0.717, 1.165) is 6.20 Å². The van der Waals surface area contributed by atoms with Crippen molar-refractivity contribution in [3.05, 3.63) is 18.1 Å². The minimum absolute atomic E-state index is 0.0296. The summed E-state index contributed by atoms with van der Waals surface area (Å²) in [5.74, 6) is -0.0296. The maximum atomic E-state index is 11.8.